The Morgan fingerprint density at radius 2 is 2.00 bits per heavy atom. The summed E-state index contributed by atoms with van der Waals surface area (Å²) in [6.07, 6.45) is 5.49. The molecule has 1 fully saturated rings. The summed E-state index contributed by atoms with van der Waals surface area (Å²) in [5, 5.41) is 8.79. The van der Waals surface area contributed by atoms with Crippen molar-refractivity contribution in [3.05, 3.63) is 54.0 Å². The van der Waals surface area contributed by atoms with Crippen molar-refractivity contribution >= 4 is 5.82 Å². The highest BCUT2D eigenvalue weighted by molar-refractivity contribution is 5.40. The van der Waals surface area contributed by atoms with Crippen molar-refractivity contribution in [3.8, 4) is 6.07 Å². The van der Waals surface area contributed by atoms with Crippen LogP contribution in [-0.2, 0) is 0 Å². The lowest BCUT2D eigenvalue weighted by Gasteiger charge is -2.38. The SMILES string of the molecule is C[C@@H]1C[C@H](c2ccccc2)CCN1c1cnc(C#N)cn1. The van der Waals surface area contributed by atoms with E-state index in [1.54, 1.807) is 12.4 Å². The van der Waals surface area contributed by atoms with Gasteiger partial charge in [0.05, 0.1) is 12.4 Å². The third-order valence-corrected chi connectivity index (χ3v) is 4.19. The largest absolute Gasteiger partial charge is 0.353 e. The van der Waals surface area contributed by atoms with E-state index >= 15 is 0 Å². The topological polar surface area (TPSA) is 52.8 Å². The maximum atomic E-state index is 8.79. The number of piperidine rings is 1. The van der Waals surface area contributed by atoms with Gasteiger partial charge < -0.3 is 4.90 Å². The molecule has 0 aliphatic carbocycles. The maximum absolute atomic E-state index is 8.79. The molecule has 1 aromatic heterocycles. The number of hydrogen-bond donors (Lipinski definition) is 0. The first-order chi connectivity index (χ1) is 10.3. The summed E-state index contributed by atoms with van der Waals surface area (Å²) < 4.78 is 0. The quantitative estimate of drug-likeness (QED) is 0.847. The van der Waals surface area contributed by atoms with E-state index in [-0.39, 0.29) is 0 Å². The van der Waals surface area contributed by atoms with Gasteiger partial charge in [0, 0.05) is 12.6 Å². The van der Waals surface area contributed by atoms with Crippen LogP contribution in [0.15, 0.2) is 42.7 Å². The molecule has 106 valence electrons. The number of hydrogen-bond acceptors (Lipinski definition) is 4. The third kappa shape index (κ3) is 2.87. The molecule has 0 bridgehead atoms. The first-order valence-electron chi connectivity index (χ1n) is 7.31. The summed E-state index contributed by atoms with van der Waals surface area (Å²) in [6, 6.07) is 13.1. The van der Waals surface area contributed by atoms with E-state index in [4.69, 9.17) is 5.26 Å². The molecule has 2 aromatic rings. The van der Waals surface area contributed by atoms with Crippen LogP contribution in [0.1, 0.15) is 36.9 Å². The molecular weight excluding hydrogens is 260 g/mol. The lowest BCUT2D eigenvalue weighted by Crippen LogP contribution is -2.40. The monoisotopic (exact) mass is 278 g/mol. The lowest BCUT2D eigenvalue weighted by molar-refractivity contribution is 0.428. The summed E-state index contributed by atoms with van der Waals surface area (Å²) >= 11 is 0. The van der Waals surface area contributed by atoms with Gasteiger partial charge in [-0.25, -0.2) is 9.97 Å². The summed E-state index contributed by atoms with van der Waals surface area (Å²) in [5.41, 5.74) is 1.79. The predicted molar refractivity (Wildman–Crippen MR) is 82.0 cm³/mol. The number of nitriles is 1. The fraction of sp³-hybridized carbons (Fsp3) is 0.353. The zero-order chi connectivity index (χ0) is 14.7. The number of nitrogens with zero attached hydrogens (tertiary/aromatic N) is 4. The van der Waals surface area contributed by atoms with Crippen LogP contribution in [0.5, 0.6) is 0 Å². The molecule has 0 unspecified atom stereocenters. The Morgan fingerprint density at radius 3 is 2.62 bits per heavy atom. The lowest BCUT2D eigenvalue weighted by atomic mass is 9.86. The minimum atomic E-state index is 0.366. The molecule has 1 aliphatic rings. The molecule has 2 atom stereocenters. The Hall–Kier alpha value is -2.41. The number of benzene rings is 1. The molecule has 1 aliphatic heterocycles. The Labute approximate surface area is 125 Å². The average molecular weight is 278 g/mol. The number of anilines is 1. The fourth-order valence-corrected chi connectivity index (χ4v) is 3.07. The molecule has 0 saturated carbocycles. The summed E-state index contributed by atoms with van der Waals surface area (Å²) in [4.78, 5) is 10.8. The molecule has 0 N–H and O–H groups in total. The van der Waals surface area contributed by atoms with Gasteiger partial charge in [-0.3, -0.25) is 0 Å². The van der Waals surface area contributed by atoms with E-state index < -0.39 is 0 Å². The summed E-state index contributed by atoms with van der Waals surface area (Å²) in [6.45, 7) is 3.20. The zero-order valence-electron chi connectivity index (χ0n) is 12.1. The molecule has 1 saturated heterocycles. The Balaban J connectivity index is 1.72. The van der Waals surface area contributed by atoms with Crippen LogP contribution in [0.4, 0.5) is 5.82 Å². The Kier molecular flexibility index (Phi) is 3.83. The van der Waals surface area contributed by atoms with Crippen molar-refractivity contribution in [2.45, 2.75) is 31.7 Å². The summed E-state index contributed by atoms with van der Waals surface area (Å²) in [7, 11) is 0. The molecule has 1 aromatic carbocycles. The van der Waals surface area contributed by atoms with Gasteiger partial charge in [0.2, 0.25) is 0 Å². The van der Waals surface area contributed by atoms with Crippen molar-refractivity contribution in [3.63, 3.8) is 0 Å². The normalized spacial score (nSPS) is 21.8. The van der Waals surface area contributed by atoms with Crippen molar-refractivity contribution < 1.29 is 0 Å². The van der Waals surface area contributed by atoms with E-state index in [1.807, 2.05) is 6.07 Å². The van der Waals surface area contributed by atoms with Crippen molar-refractivity contribution in [2.75, 3.05) is 11.4 Å². The highest BCUT2D eigenvalue weighted by atomic mass is 15.2. The Morgan fingerprint density at radius 1 is 1.19 bits per heavy atom. The van der Waals surface area contributed by atoms with Gasteiger partial charge in [-0.2, -0.15) is 5.26 Å². The predicted octanol–water partition coefficient (Wildman–Crippen LogP) is 3.12. The van der Waals surface area contributed by atoms with Crippen LogP contribution < -0.4 is 4.90 Å². The molecule has 2 heterocycles. The van der Waals surface area contributed by atoms with Crippen LogP contribution in [0.3, 0.4) is 0 Å². The number of aromatic nitrogens is 2. The second-order valence-corrected chi connectivity index (χ2v) is 5.55. The zero-order valence-corrected chi connectivity index (χ0v) is 12.1. The van der Waals surface area contributed by atoms with E-state index in [1.165, 1.54) is 5.56 Å². The van der Waals surface area contributed by atoms with Crippen molar-refractivity contribution in [2.24, 2.45) is 0 Å². The molecule has 0 spiro atoms. The van der Waals surface area contributed by atoms with E-state index in [0.29, 0.717) is 17.7 Å². The van der Waals surface area contributed by atoms with Crippen molar-refractivity contribution in [1.29, 1.82) is 5.26 Å². The highest BCUT2D eigenvalue weighted by Crippen LogP contribution is 2.33. The molecule has 0 amide bonds. The third-order valence-electron chi connectivity index (χ3n) is 4.19. The van der Waals surface area contributed by atoms with Crippen LogP contribution in [0, 0.1) is 11.3 Å². The van der Waals surface area contributed by atoms with E-state index in [2.05, 4.69) is 52.1 Å². The van der Waals surface area contributed by atoms with Crippen LogP contribution >= 0.6 is 0 Å². The second-order valence-electron chi connectivity index (χ2n) is 5.55. The smallest absolute Gasteiger partial charge is 0.158 e. The standard InChI is InChI=1S/C17H18N4/c1-13-9-15(14-5-3-2-4-6-14)7-8-21(13)17-12-19-16(10-18)11-20-17/h2-6,11-13,15H,7-9H2,1H3/t13-,15-/m1/s1. The van der Waals surface area contributed by atoms with E-state index in [0.717, 1.165) is 25.2 Å². The molecular formula is C17H18N4. The minimum absolute atomic E-state index is 0.366. The first-order valence-corrected chi connectivity index (χ1v) is 7.31. The van der Waals surface area contributed by atoms with Gasteiger partial charge in [-0.05, 0) is 31.2 Å². The van der Waals surface area contributed by atoms with Gasteiger partial charge >= 0.3 is 0 Å². The summed E-state index contributed by atoms with van der Waals surface area (Å²) in [5.74, 6) is 1.48. The fourth-order valence-electron chi connectivity index (χ4n) is 3.07. The number of rotatable bonds is 2. The maximum Gasteiger partial charge on any atom is 0.158 e. The molecule has 21 heavy (non-hydrogen) atoms. The van der Waals surface area contributed by atoms with Gasteiger partial charge in [-0.1, -0.05) is 30.3 Å². The van der Waals surface area contributed by atoms with Gasteiger partial charge in [0.1, 0.15) is 11.9 Å². The van der Waals surface area contributed by atoms with Crippen LogP contribution in [0.25, 0.3) is 0 Å². The van der Waals surface area contributed by atoms with E-state index in [9.17, 15) is 0 Å². The van der Waals surface area contributed by atoms with Crippen LogP contribution in [0.2, 0.25) is 0 Å². The highest BCUT2D eigenvalue weighted by Gasteiger charge is 2.27. The second kappa shape index (κ2) is 5.92. The molecule has 3 rings (SSSR count). The minimum Gasteiger partial charge on any atom is -0.353 e. The molecule has 4 heteroatoms. The first kappa shape index (κ1) is 13.6. The average Bonchev–Trinajstić information content (AvgIpc) is 2.56. The molecule has 4 nitrogen and oxygen atoms in total. The molecule has 0 radical (unpaired) electrons. The van der Waals surface area contributed by atoms with Crippen molar-refractivity contribution in [1.82, 2.24) is 9.97 Å². The Bertz CT molecular complexity index is 630. The van der Waals surface area contributed by atoms with Gasteiger partial charge in [0.25, 0.3) is 0 Å². The van der Waals surface area contributed by atoms with Gasteiger partial charge in [0.15, 0.2) is 5.69 Å². The van der Waals surface area contributed by atoms with Crippen LogP contribution in [-0.4, -0.2) is 22.6 Å². The van der Waals surface area contributed by atoms with Gasteiger partial charge in [-0.15, -0.1) is 0 Å².